The van der Waals surface area contributed by atoms with E-state index in [0.29, 0.717) is 5.92 Å². The summed E-state index contributed by atoms with van der Waals surface area (Å²) in [5.74, 6) is 0.435. The van der Waals surface area contributed by atoms with E-state index in [-0.39, 0.29) is 11.9 Å². The van der Waals surface area contributed by atoms with E-state index in [1.54, 1.807) is 17.4 Å². The van der Waals surface area contributed by atoms with Crippen LogP contribution in [-0.2, 0) is 0 Å². The largest absolute Gasteiger partial charge is 0.323 e. The molecule has 0 amide bonds. The maximum atomic E-state index is 13.2. The van der Waals surface area contributed by atoms with Gasteiger partial charge in [0.15, 0.2) is 0 Å². The van der Waals surface area contributed by atoms with Crippen molar-refractivity contribution >= 4 is 21.4 Å². The lowest BCUT2D eigenvalue weighted by Gasteiger charge is -2.21. The van der Waals surface area contributed by atoms with Crippen LogP contribution < -0.4 is 5.73 Å². The zero-order chi connectivity index (χ0) is 13.2. The lowest BCUT2D eigenvalue weighted by molar-refractivity contribution is 0.386. The number of halogens is 1. The van der Waals surface area contributed by atoms with E-state index in [9.17, 15) is 4.39 Å². The molecule has 1 atom stereocenters. The molecular formula is C16H20FNS. The first-order valence-corrected chi connectivity index (χ1v) is 8.00. The van der Waals surface area contributed by atoms with Gasteiger partial charge in [0.05, 0.1) is 0 Å². The summed E-state index contributed by atoms with van der Waals surface area (Å²) < 4.78 is 14.2. The second-order valence-electron chi connectivity index (χ2n) is 5.61. The zero-order valence-corrected chi connectivity index (χ0v) is 11.9. The molecule has 0 spiro atoms. The van der Waals surface area contributed by atoms with Crippen molar-refractivity contribution in [1.29, 1.82) is 0 Å². The Hall–Kier alpha value is -0.930. The Bertz CT molecular complexity index is 555. The third-order valence-corrected chi connectivity index (χ3v) is 5.44. The van der Waals surface area contributed by atoms with Crippen LogP contribution in [0.5, 0.6) is 0 Å². The highest BCUT2D eigenvalue weighted by atomic mass is 32.1. The third-order valence-electron chi connectivity index (χ3n) is 4.24. The molecule has 102 valence electrons. The van der Waals surface area contributed by atoms with E-state index in [4.69, 9.17) is 5.73 Å². The Morgan fingerprint density at radius 2 is 1.84 bits per heavy atom. The topological polar surface area (TPSA) is 26.0 Å². The van der Waals surface area contributed by atoms with Gasteiger partial charge in [-0.15, -0.1) is 11.3 Å². The highest BCUT2D eigenvalue weighted by molar-refractivity contribution is 7.19. The average Bonchev–Trinajstić information content (AvgIpc) is 2.64. The SMILES string of the molecule is NC(c1cc2ccc(F)cc2s1)C1CCCCCC1. The summed E-state index contributed by atoms with van der Waals surface area (Å²) in [6.45, 7) is 0. The molecule has 2 aromatic rings. The Kier molecular flexibility index (Phi) is 3.85. The maximum absolute atomic E-state index is 13.2. The van der Waals surface area contributed by atoms with Crippen LogP contribution in [0, 0.1) is 11.7 Å². The second-order valence-corrected chi connectivity index (χ2v) is 6.72. The number of rotatable bonds is 2. The Labute approximate surface area is 117 Å². The number of hydrogen-bond donors (Lipinski definition) is 1. The molecule has 3 heteroatoms. The van der Waals surface area contributed by atoms with Gasteiger partial charge in [-0.1, -0.05) is 31.7 Å². The molecule has 0 aliphatic heterocycles. The molecule has 1 heterocycles. The summed E-state index contributed by atoms with van der Waals surface area (Å²) in [7, 11) is 0. The number of hydrogen-bond acceptors (Lipinski definition) is 2. The summed E-state index contributed by atoms with van der Waals surface area (Å²) in [6, 6.07) is 7.26. The molecule has 0 bridgehead atoms. The van der Waals surface area contributed by atoms with Gasteiger partial charge in [0.2, 0.25) is 0 Å². The highest BCUT2D eigenvalue weighted by Crippen LogP contribution is 2.37. The molecule has 0 radical (unpaired) electrons. The highest BCUT2D eigenvalue weighted by Gasteiger charge is 2.22. The number of nitrogens with two attached hydrogens (primary N) is 1. The summed E-state index contributed by atoms with van der Waals surface area (Å²) in [5, 5.41) is 1.12. The van der Waals surface area contributed by atoms with Crippen LogP contribution in [0.25, 0.3) is 10.1 Å². The fourth-order valence-corrected chi connectivity index (χ4v) is 4.28. The van der Waals surface area contributed by atoms with Gasteiger partial charge >= 0.3 is 0 Å². The molecule has 2 N–H and O–H groups in total. The molecule has 3 rings (SSSR count). The first-order chi connectivity index (χ1) is 9.24. The van der Waals surface area contributed by atoms with Crippen LogP contribution in [0.15, 0.2) is 24.3 Å². The van der Waals surface area contributed by atoms with Crippen molar-refractivity contribution in [1.82, 2.24) is 0 Å². The quantitative estimate of drug-likeness (QED) is 0.767. The fourth-order valence-electron chi connectivity index (χ4n) is 3.09. The van der Waals surface area contributed by atoms with E-state index < -0.39 is 0 Å². The molecule has 19 heavy (non-hydrogen) atoms. The smallest absolute Gasteiger partial charge is 0.124 e. The van der Waals surface area contributed by atoms with Crippen molar-refractivity contribution in [3.63, 3.8) is 0 Å². The van der Waals surface area contributed by atoms with Crippen LogP contribution >= 0.6 is 11.3 Å². The predicted molar refractivity (Wildman–Crippen MR) is 79.9 cm³/mol. The summed E-state index contributed by atoms with van der Waals surface area (Å²) in [4.78, 5) is 1.22. The third kappa shape index (κ3) is 2.82. The normalized spacial score (nSPS) is 19.5. The second kappa shape index (κ2) is 5.59. The van der Waals surface area contributed by atoms with E-state index in [0.717, 1.165) is 10.1 Å². The molecule has 1 fully saturated rings. The lowest BCUT2D eigenvalue weighted by atomic mass is 9.91. The van der Waals surface area contributed by atoms with Crippen molar-refractivity contribution in [3.05, 3.63) is 35.0 Å². The zero-order valence-electron chi connectivity index (χ0n) is 11.1. The fraction of sp³-hybridized carbons (Fsp3) is 0.500. The van der Waals surface area contributed by atoms with Crippen LogP contribution in [-0.4, -0.2) is 0 Å². The van der Waals surface area contributed by atoms with E-state index in [2.05, 4.69) is 6.07 Å². The van der Waals surface area contributed by atoms with Crippen molar-refractivity contribution in [2.45, 2.75) is 44.6 Å². The Morgan fingerprint density at radius 1 is 1.11 bits per heavy atom. The van der Waals surface area contributed by atoms with Crippen molar-refractivity contribution < 1.29 is 4.39 Å². The summed E-state index contributed by atoms with van der Waals surface area (Å²) >= 11 is 1.65. The van der Waals surface area contributed by atoms with E-state index in [1.165, 1.54) is 49.5 Å². The molecule has 1 aromatic carbocycles. The Balaban J connectivity index is 1.85. The summed E-state index contributed by atoms with van der Waals surface area (Å²) in [5.41, 5.74) is 6.46. The van der Waals surface area contributed by atoms with Crippen LogP contribution in [0.1, 0.15) is 49.4 Å². The first kappa shape index (κ1) is 13.1. The Morgan fingerprint density at radius 3 is 2.58 bits per heavy atom. The van der Waals surface area contributed by atoms with Gasteiger partial charge < -0.3 is 5.73 Å². The van der Waals surface area contributed by atoms with Gasteiger partial charge in [-0.2, -0.15) is 0 Å². The molecule has 1 saturated carbocycles. The minimum Gasteiger partial charge on any atom is -0.323 e. The standard InChI is InChI=1S/C16H20FNS/c17-13-8-7-12-9-15(19-14(12)10-13)16(18)11-5-3-1-2-4-6-11/h7-11,16H,1-6,18H2. The molecule has 1 aliphatic rings. The maximum Gasteiger partial charge on any atom is 0.124 e. The number of thiophene rings is 1. The van der Waals surface area contributed by atoms with Gasteiger partial charge in [-0.3, -0.25) is 0 Å². The minimum atomic E-state index is -0.163. The lowest BCUT2D eigenvalue weighted by Crippen LogP contribution is -2.19. The van der Waals surface area contributed by atoms with Crippen LogP contribution in [0.2, 0.25) is 0 Å². The van der Waals surface area contributed by atoms with Crippen molar-refractivity contribution in [3.8, 4) is 0 Å². The molecule has 1 aliphatic carbocycles. The minimum absolute atomic E-state index is 0.124. The molecule has 0 saturated heterocycles. The van der Waals surface area contributed by atoms with Crippen LogP contribution in [0.3, 0.4) is 0 Å². The van der Waals surface area contributed by atoms with Crippen molar-refractivity contribution in [2.75, 3.05) is 0 Å². The summed E-state index contributed by atoms with van der Waals surface area (Å²) in [6.07, 6.45) is 7.78. The van der Waals surface area contributed by atoms with E-state index >= 15 is 0 Å². The number of benzene rings is 1. The van der Waals surface area contributed by atoms with Gasteiger partial charge in [0, 0.05) is 15.6 Å². The molecule has 1 aromatic heterocycles. The van der Waals surface area contributed by atoms with Crippen molar-refractivity contribution in [2.24, 2.45) is 11.7 Å². The van der Waals surface area contributed by atoms with Gasteiger partial charge in [-0.25, -0.2) is 4.39 Å². The predicted octanol–water partition coefficient (Wildman–Crippen LogP) is 5.01. The van der Waals surface area contributed by atoms with Crippen LogP contribution in [0.4, 0.5) is 4.39 Å². The molecule has 1 unspecified atom stereocenters. The van der Waals surface area contributed by atoms with Gasteiger partial charge in [-0.05, 0) is 42.3 Å². The van der Waals surface area contributed by atoms with Gasteiger partial charge in [0.1, 0.15) is 5.82 Å². The van der Waals surface area contributed by atoms with Gasteiger partial charge in [0.25, 0.3) is 0 Å². The molecular weight excluding hydrogens is 257 g/mol. The number of fused-ring (bicyclic) bond motifs is 1. The monoisotopic (exact) mass is 277 g/mol. The molecule has 1 nitrogen and oxygen atoms in total. The van der Waals surface area contributed by atoms with E-state index in [1.807, 2.05) is 6.07 Å². The first-order valence-electron chi connectivity index (χ1n) is 7.18. The average molecular weight is 277 g/mol.